The summed E-state index contributed by atoms with van der Waals surface area (Å²) in [5.41, 5.74) is 4.46. The van der Waals surface area contributed by atoms with Gasteiger partial charge in [0.1, 0.15) is 0 Å². The highest BCUT2D eigenvalue weighted by Crippen LogP contribution is 2.54. The SMILES string of the molecule is CCc1ccccc1C(NC)C1CC1c1ccccc1. The first-order chi connectivity index (χ1) is 9.85. The Morgan fingerprint density at radius 1 is 1.05 bits per heavy atom. The Bertz CT molecular complexity index is 561. The normalized spacial score (nSPS) is 22.5. The molecule has 1 heteroatoms. The maximum absolute atomic E-state index is 3.55. The summed E-state index contributed by atoms with van der Waals surface area (Å²) < 4.78 is 0. The average Bonchev–Trinajstić information content (AvgIpc) is 3.30. The summed E-state index contributed by atoms with van der Waals surface area (Å²) in [5, 5.41) is 3.55. The first-order valence-corrected chi connectivity index (χ1v) is 7.65. The van der Waals surface area contributed by atoms with Gasteiger partial charge in [-0.25, -0.2) is 0 Å². The van der Waals surface area contributed by atoms with Crippen LogP contribution in [0, 0.1) is 5.92 Å². The van der Waals surface area contributed by atoms with Crippen molar-refractivity contribution in [2.45, 2.75) is 31.7 Å². The smallest absolute Gasteiger partial charge is 0.0354 e. The van der Waals surface area contributed by atoms with E-state index in [1.807, 2.05) is 0 Å². The summed E-state index contributed by atoms with van der Waals surface area (Å²) >= 11 is 0. The van der Waals surface area contributed by atoms with Crippen molar-refractivity contribution in [2.75, 3.05) is 7.05 Å². The minimum absolute atomic E-state index is 0.483. The molecule has 0 bridgehead atoms. The van der Waals surface area contributed by atoms with Crippen molar-refractivity contribution < 1.29 is 0 Å². The molecule has 1 saturated carbocycles. The number of aryl methyl sites for hydroxylation is 1. The molecular weight excluding hydrogens is 242 g/mol. The van der Waals surface area contributed by atoms with Gasteiger partial charge in [-0.15, -0.1) is 0 Å². The highest BCUT2D eigenvalue weighted by Gasteiger charge is 2.44. The van der Waals surface area contributed by atoms with E-state index >= 15 is 0 Å². The molecule has 2 aromatic rings. The summed E-state index contributed by atoms with van der Waals surface area (Å²) in [6.45, 7) is 2.24. The number of rotatable bonds is 5. The van der Waals surface area contributed by atoms with Crippen molar-refractivity contribution in [1.82, 2.24) is 5.32 Å². The van der Waals surface area contributed by atoms with E-state index < -0.39 is 0 Å². The van der Waals surface area contributed by atoms with E-state index in [0.29, 0.717) is 6.04 Å². The molecule has 2 aromatic carbocycles. The fourth-order valence-electron chi connectivity index (χ4n) is 3.43. The van der Waals surface area contributed by atoms with Crippen LogP contribution in [0.1, 0.15) is 42.0 Å². The van der Waals surface area contributed by atoms with Gasteiger partial charge in [-0.1, -0.05) is 61.5 Å². The van der Waals surface area contributed by atoms with Gasteiger partial charge in [0.2, 0.25) is 0 Å². The van der Waals surface area contributed by atoms with Gasteiger partial charge in [-0.05, 0) is 48.4 Å². The van der Waals surface area contributed by atoms with E-state index in [9.17, 15) is 0 Å². The Kier molecular flexibility index (Phi) is 3.88. The molecule has 0 spiro atoms. The van der Waals surface area contributed by atoms with Crippen molar-refractivity contribution in [2.24, 2.45) is 5.92 Å². The van der Waals surface area contributed by atoms with E-state index in [1.165, 1.54) is 23.1 Å². The molecule has 0 radical (unpaired) electrons. The standard InChI is InChI=1S/C19H23N/c1-3-14-9-7-8-12-16(14)19(20-2)18-13-17(18)15-10-5-4-6-11-15/h4-12,17-20H,3,13H2,1-2H3. The quantitative estimate of drug-likeness (QED) is 0.849. The summed E-state index contributed by atoms with van der Waals surface area (Å²) in [5.74, 6) is 1.45. The van der Waals surface area contributed by atoms with E-state index in [1.54, 1.807) is 0 Å². The zero-order valence-electron chi connectivity index (χ0n) is 12.3. The van der Waals surface area contributed by atoms with Crippen molar-refractivity contribution >= 4 is 0 Å². The molecule has 0 amide bonds. The molecule has 3 unspecified atom stereocenters. The highest BCUT2D eigenvalue weighted by molar-refractivity contribution is 5.35. The van der Waals surface area contributed by atoms with Crippen LogP contribution in [-0.2, 0) is 6.42 Å². The lowest BCUT2D eigenvalue weighted by Gasteiger charge is -2.20. The van der Waals surface area contributed by atoms with Crippen molar-refractivity contribution in [3.63, 3.8) is 0 Å². The van der Waals surface area contributed by atoms with E-state index in [-0.39, 0.29) is 0 Å². The van der Waals surface area contributed by atoms with Crippen LogP contribution in [-0.4, -0.2) is 7.05 Å². The predicted molar refractivity (Wildman–Crippen MR) is 84.9 cm³/mol. The third kappa shape index (κ3) is 2.51. The van der Waals surface area contributed by atoms with Gasteiger partial charge in [0.15, 0.2) is 0 Å². The minimum atomic E-state index is 0.483. The Morgan fingerprint density at radius 3 is 2.45 bits per heavy atom. The second-order valence-corrected chi connectivity index (χ2v) is 5.74. The van der Waals surface area contributed by atoms with Crippen LogP contribution in [0.3, 0.4) is 0 Å². The van der Waals surface area contributed by atoms with Gasteiger partial charge < -0.3 is 5.32 Å². The molecule has 0 aliphatic heterocycles. The van der Waals surface area contributed by atoms with Crippen molar-refractivity contribution in [1.29, 1.82) is 0 Å². The summed E-state index contributed by atoms with van der Waals surface area (Å²) in [4.78, 5) is 0. The first kappa shape index (κ1) is 13.4. The average molecular weight is 265 g/mol. The van der Waals surface area contributed by atoms with Crippen LogP contribution in [0.25, 0.3) is 0 Å². The molecule has 0 heterocycles. The molecule has 1 aliphatic carbocycles. The van der Waals surface area contributed by atoms with Gasteiger partial charge in [0.25, 0.3) is 0 Å². The Morgan fingerprint density at radius 2 is 1.75 bits per heavy atom. The number of hydrogen-bond donors (Lipinski definition) is 1. The Balaban J connectivity index is 1.82. The van der Waals surface area contributed by atoms with E-state index in [2.05, 4.69) is 73.9 Å². The molecule has 3 rings (SSSR count). The number of nitrogens with one attached hydrogen (secondary N) is 1. The highest BCUT2D eigenvalue weighted by atomic mass is 14.9. The number of hydrogen-bond acceptors (Lipinski definition) is 1. The molecule has 3 atom stereocenters. The van der Waals surface area contributed by atoms with Gasteiger partial charge in [-0.2, -0.15) is 0 Å². The van der Waals surface area contributed by atoms with Gasteiger partial charge in [0.05, 0.1) is 0 Å². The summed E-state index contributed by atoms with van der Waals surface area (Å²) in [6, 6.07) is 20.3. The predicted octanol–water partition coefficient (Wildman–Crippen LogP) is 4.31. The van der Waals surface area contributed by atoms with Crippen LogP contribution < -0.4 is 5.32 Å². The Hall–Kier alpha value is -1.60. The van der Waals surface area contributed by atoms with E-state index in [0.717, 1.165) is 18.3 Å². The van der Waals surface area contributed by atoms with Gasteiger partial charge in [-0.3, -0.25) is 0 Å². The van der Waals surface area contributed by atoms with Gasteiger partial charge >= 0.3 is 0 Å². The van der Waals surface area contributed by atoms with Crippen LogP contribution in [0.4, 0.5) is 0 Å². The molecule has 0 aromatic heterocycles. The molecule has 104 valence electrons. The summed E-state index contributed by atoms with van der Waals surface area (Å²) in [6.07, 6.45) is 2.41. The molecule has 1 N–H and O–H groups in total. The van der Waals surface area contributed by atoms with Crippen LogP contribution >= 0.6 is 0 Å². The Labute approximate surface area is 122 Å². The lowest BCUT2D eigenvalue weighted by molar-refractivity contribution is 0.514. The molecule has 0 saturated heterocycles. The topological polar surface area (TPSA) is 12.0 Å². The van der Waals surface area contributed by atoms with E-state index in [4.69, 9.17) is 0 Å². The third-order valence-corrected chi connectivity index (χ3v) is 4.58. The minimum Gasteiger partial charge on any atom is -0.313 e. The first-order valence-electron chi connectivity index (χ1n) is 7.65. The molecule has 1 aliphatic rings. The largest absolute Gasteiger partial charge is 0.313 e. The maximum Gasteiger partial charge on any atom is 0.0354 e. The molecular formula is C19H23N. The second-order valence-electron chi connectivity index (χ2n) is 5.74. The van der Waals surface area contributed by atoms with Crippen LogP contribution in [0.15, 0.2) is 54.6 Å². The fraction of sp³-hybridized carbons (Fsp3) is 0.368. The third-order valence-electron chi connectivity index (χ3n) is 4.58. The summed E-state index contributed by atoms with van der Waals surface area (Å²) in [7, 11) is 2.09. The lowest BCUT2D eigenvalue weighted by Crippen LogP contribution is -2.20. The van der Waals surface area contributed by atoms with Crippen molar-refractivity contribution in [3.8, 4) is 0 Å². The molecule has 1 nitrogen and oxygen atoms in total. The molecule has 20 heavy (non-hydrogen) atoms. The van der Waals surface area contributed by atoms with Crippen molar-refractivity contribution in [3.05, 3.63) is 71.3 Å². The van der Waals surface area contributed by atoms with Crippen LogP contribution in [0.5, 0.6) is 0 Å². The van der Waals surface area contributed by atoms with Crippen LogP contribution in [0.2, 0.25) is 0 Å². The lowest BCUT2D eigenvalue weighted by atomic mass is 9.93. The zero-order chi connectivity index (χ0) is 13.9. The monoisotopic (exact) mass is 265 g/mol. The second kappa shape index (κ2) is 5.80. The number of benzene rings is 2. The maximum atomic E-state index is 3.55. The molecule has 1 fully saturated rings. The van der Waals surface area contributed by atoms with Gasteiger partial charge in [0, 0.05) is 6.04 Å². The zero-order valence-corrected chi connectivity index (χ0v) is 12.3. The fourth-order valence-corrected chi connectivity index (χ4v) is 3.43.